The first-order chi connectivity index (χ1) is 15.5. The Balaban J connectivity index is 1.53. The molecule has 4 nitrogen and oxygen atoms in total. The number of hydrogen-bond donors (Lipinski definition) is 1. The highest BCUT2D eigenvalue weighted by molar-refractivity contribution is 6.06. The lowest BCUT2D eigenvalue weighted by Gasteiger charge is -2.24. The van der Waals surface area contributed by atoms with Gasteiger partial charge in [0.1, 0.15) is 0 Å². The van der Waals surface area contributed by atoms with E-state index in [1.807, 2.05) is 67.6 Å². The second kappa shape index (κ2) is 9.82. The molecule has 0 aliphatic heterocycles. The van der Waals surface area contributed by atoms with Gasteiger partial charge in [0.05, 0.1) is 13.0 Å². The van der Waals surface area contributed by atoms with Crippen LogP contribution >= 0.6 is 0 Å². The minimum Gasteiger partial charge on any atom is -0.356 e. The van der Waals surface area contributed by atoms with Gasteiger partial charge in [-0.1, -0.05) is 59.7 Å². The zero-order valence-electron chi connectivity index (χ0n) is 18.8. The molecule has 0 atom stereocenters. The summed E-state index contributed by atoms with van der Waals surface area (Å²) in [6, 6.07) is 23.6. The van der Waals surface area contributed by atoms with Crippen molar-refractivity contribution in [2.24, 2.45) is 5.92 Å². The first-order valence-electron chi connectivity index (χ1n) is 11.3. The van der Waals surface area contributed by atoms with Gasteiger partial charge in [-0.25, -0.2) is 0 Å². The Bertz CT molecular complexity index is 1080. The minimum atomic E-state index is -0.0403. The van der Waals surface area contributed by atoms with Gasteiger partial charge in [0, 0.05) is 17.8 Å². The molecule has 3 aromatic carbocycles. The molecule has 1 fully saturated rings. The van der Waals surface area contributed by atoms with Crippen molar-refractivity contribution in [2.45, 2.75) is 39.7 Å². The van der Waals surface area contributed by atoms with Crippen LogP contribution in [-0.2, 0) is 17.8 Å². The van der Waals surface area contributed by atoms with Gasteiger partial charge in [0.2, 0.25) is 5.91 Å². The van der Waals surface area contributed by atoms with Gasteiger partial charge < -0.3 is 10.2 Å². The Morgan fingerprint density at radius 2 is 1.59 bits per heavy atom. The molecular weight excluding hydrogens is 396 g/mol. The fourth-order valence-electron chi connectivity index (χ4n) is 3.75. The van der Waals surface area contributed by atoms with E-state index in [9.17, 15) is 9.59 Å². The predicted octanol–water partition coefficient (Wildman–Crippen LogP) is 5.22. The van der Waals surface area contributed by atoms with E-state index in [4.69, 9.17) is 0 Å². The van der Waals surface area contributed by atoms with Crippen LogP contribution in [0.2, 0.25) is 0 Å². The molecule has 0 spiro atoms. The number of rotatable bonds is 8. The minimum absolute atomic E-state index is 0.0403. The molecule has 4 rings (SSSR count). The summed E-state index contributed by atoms with van der Waals surface area (Å²) in [5, 5.41) is 3.01. The van der Waals surface area contributed by atoms with Crippen molar-refractivity contribution in [3.05, 3.63) is 101 Å². The molecule has 4 heteroatoms. The zero-order valence-corrected chi connectivity index (χ0v) is 18.8. The summed E-state index contributed by atoms with van der Waals surface area (Å²) >= 11 is 0. The highest BCUT2D eigenvalue weighted by Gasteiger charge is 2.22. The highest BCUT2D eigenvalue weighted by atomic mass is 16.2. The van der Waals surface area contributed by atoms with Crippen LogP contribution in [0, 0.1) is 19.8 Å². The Labute approximate surface area is 190 Å². The summed E-state index contributed by atoms with van der Waals surface area (Å²) in [5.41, 5.74) is 5.79. The zero-order chi connectivity index (χ0) is 22.5. The lowest BCUT2D eigenvalue weighted by Crippen LogP contribution is -2.30. The van der Waals surface area contributed by atoms with Crippen LogP contribution in [0.25, 0.3) is 0 Å². The van der Waals surface area contributed by atoms with Gasteiger partial charge in [-0.2, -0.15) is 0 Å². The standard InChI is InChI=1S/C28H30N2O2/c1-20-6-12-25(13-7-20)28(32)30(19-24-5-3-4-21(2)16-24)26-14-10-22(11-15-26)17-27(31)29-18-23-8-9-23/h3-7,10-16,23H,8-9,17-19H2,1-2H3,(H,29,31). The topological polar surface area (TPSA) is 49.4 Å². The number of carbonyl (C=O) groups excluding carboxylic acids is 2. The van der Waals surface area contributed by atoms with E-state index in [2.05, 4.69) is 24.4 Å². The maximum Gasteiger partial charge on any atom is 0.258 e. The van der Waals surface area contributed by atoms with E-state index in [-0.39, 0.29) is 11.8 Å². The van der Waals surface area contributed by atoms with Crippen LogP contribution in [0.5, 0.6) is 0 Å². The molecule has 0 saturated heterocycles. The molecule has 1 N–H and O–H groups in total. The van der Waals surface area contributed by atoms with Crippen LogP contribution in [-0.4, -0.2) is 18.4 Å². The van der Waals surface area contributed by atoms with Gasteiger partial charge in [-0.3, -0.25) is 9.59 Å². The van der Waals surface area contributed by atoms with Crippen molar-refractivity contribution < 1.29 is 9.59 Å². The monoisotopic (exact) mass is 426 g/mol. The molecule has 1 aliphatic carbocycles. The van der Waals surface area contributed by atoms with Crippen molar-refractivity contribution in [2.75, 3.05) is 11.4 Å². The average molecular weight is 427 g/mol. The molecule has 0 bridgehead atoms. The van der Waals surface area contributed by atoms with Crippen molar-refractivity contribution in [1.82, 2.24) is 5.32 Å². The van der Waals surface area contributed by atoms with E-state index in [0.717, 1.165) is 34.5 Å². The van der Waals surface area contributed by atoms with Gasteiger partial charge in [-0.05, 0) is 68.0 Å². The number of benzene rings is 3. The van der Waals surface area contributed by atoms with Gasteiger partial charge in [0.15, 0.2) is 0 Å². The lowest BCUT2D eigenvalue weighted by atomic mass is 10.1. The smallest absolute Gasteiger partial charge is 0.258 e. The molecular formula is C28H30N2O2. The van der Waals surface area contributed by atoms with Gasteiger partial charge in [-0.15, -0.1) is 0 Å². The van der Waals surface area contributed by atoms with E-state index >= 15 is 0 Å². The summed E-state index contributed by atoms with van der Waals surface area (Å²) in [7, 11) is 0. The number of amides is 2. The third kappa shape index (κ3) is 5.85. The Morgan fingerprint density at radius 3 is 2.25 bits per heavy atom. The molecule has 1 saturated carbocycles. The summed E-state index contributed by atoms with van der Waals surface area (Å²) < 4.78 is 0. The van der Waals surface area contributed by atoms with Crippen LogP contribution in [0.15, 0.2) is 72.8 Å². The van der Waals surface area contributed by atoms with Gasteiger partial charge >= 0.3 is 0 Å². The third-order valence-corrected chi connectivity index (χ3v) is 5.86. The molecule has 1 aliphatic rings. The van der Waals surface area contributed by atoms with Crippen molar-refractivity contribution in [3.63, 3.8) is 0 Å². The molecule has 164 valence electrons. The number of nitrogens with zero attached hydrogens (tertiary/aromatic N) is 1. The normalized spacial score (nSPS) is 12.9. The van der Waals surface area contributed by atoms with Gasteiger partial charge in [0.25, 0.3) is 5.91 Å². The lowest BCUT2D eigenvalue weighted by molar-refractivity contribution is -0.120. The summed E-state index contributed by atoms with van der Waals surface area (Å²) in [5.74, 6) is 0.683. The number of nitrogens with one attached hydrogen (secondary N) is 1. The molecule has 32 heavy (non-hydrogen) atoms. The van der Waals surface area contributed by atoms with Crippen LogP contribution in [0.4, 0.5) is 5.69 Å². The summed E-state index contributed by atoms with van der Waals surface area (Å²) in [4.78, 5) is 27.4. The van der Waals surface area contributed by atoms with Crippen LogP contribution < -0.4 is 10.2 Å². The highest BCUT2D eigenvalue weighted by Crippen LogP contribution is 2.27. The van der Waals surface area contributed by atoms with E-state index in [1.54, 1.807) is 4.90 Å². The molecule has 3 aromatic rings. The number of carbonyl (C=O) groups is 2. The Hall–Kier alpha value is -3.40. The van der Waals surface area contributed by atoms with Crippen LogP contribution in [0.3, 0.4) is 0 Å². The largest absolute Gasteiger partial charge is 0.356 e. The molecule has 2 amide bonds. The van der Waals surface area contributed by atoms with E-state index in [0.29, 0.717) is 24.4 Å². The first-order valence-corrected chi connectivity index (χ1v) is 11.3. The summed E-state index contributed by atoms with van der Waals surface area (Å²) in [6.45, 7) is 5.33. The average Bonchev–Trinajstić information content (AvgIpc) is 3.62. The Morgan fingerprint density at radius 1 is 0.875 bits per heavy atom. The SMILES string of the molecule is Cc1ccc(C(=O)N(Cc2cccc(C)c2)c2ccc(CC(=O)NCC3CC3)cc2)cc1. The first kappa shape index (κ1) is 21.8. The fraction of sp³-hybridized carbons (Fsp3) is 0.286. The predicted molar refractivity (Wildman–Crippen MR) is 129 cm³/mol. The van der Waals surface area contributed by atoms with Crippen LogP contribution in [0.1, 0.15) is 45.5 Å². The van der Waals surface area contributed by atoms with Crippen molar-refractivity contribution in [3.8, 4) is 0 Å². The van der Waals surface area contributed by atoms with Crippen molar-refractivity contribution >= 4 is 17.5 Å². The molecule has 0 unspecified atom stereocenters. The third-order valence-electron chi connectivity index (χ3n) is 5.86. The number of hydrogen-bond acceptors (Lipinski definition) is 2. The molecule has 0 aromatic heterocycles. The quantitative estimate of drug-likeness (QED) is 0.537. The second-order valence-corrected chi connectivity index (χ2v) is 8.84. The molecule has 0 radical (unpaired) electrons. The number of aryl methyl sites for hydroxylation is 2. The number of anilines is 1. The maximum atomic E-state index is 13.4. The summed E-state index contributed by atoms with van der Waals surface area (Å²) in [6.07, 6.45) is 2.80. The Kier molecular flexibility index (Phi) is 6.69. The maximum absolute atomic E-state index is 13.4. The van der Waals surface area contributed by atoms with E-state index < -0.39 is 0 Å². The second-order valence-electron chi connectivity index (χ2n) is 8.84. The van der Waals surface area contributed by atoms with E-state index in [1.165, 1.54) is 12.8 Å². The molecule has 0 heterocycles. The van der Waals surface area contributed by atoms with Crippen molar-refractivity contribution in [1.29, 1.82) is 0 Å². The fourth-order valence-corrected chi connectivity index (χ4v) is 3.75.